The Kier molecular flexibility index (Phi) is 4.55. The number of benzene rings is 1. The normalized spacial score (nSPS) is 25.8. The largest absolute Gasteiger partial charge is 0.490 e. The summed E-state index contributed by atoms with van der Waals surface area (Å²) in [5.41, 5.74) is 0.920. The number of ether oxygens (including phenoxy) is 1. The number of nitrogens with zero attached hydrogens (tertiary/aromatic N) is 4. The molecule has 1 N–H and O–H groups in total. The van der Waals surface area contributed by atoms with Gasteiger partial charge in [-0.25, -0.2) is 4.79 Å². The molecule has 3 aliphatic heterocycles. The number of likely N-dealkylation sites (tertiary alicyclic amines) is 2. The van der Waals surface area contributed by atoms with Crippen LogP contribution < -0.4 is 9.64 Å². The summed E-state index contributed by atoms with van der Waals surface area (Å²) >= 11 is 0. The van der Waals surface area contributed by atoms with Crippen LogP contribution in [-0.2, 0) is 0 Å². The summed E-state index contributed by atoms with van der Waals surface area (Å²) in [4.78, 5) is 28.2. The zero-order valence-corrected chi connectivity index (χ0v) is 15.3. The van der Waals surface area contributed by atoms with E-state index in [1.165, 1.54) is 13.2 Å². The topological polar surface area (TPSA) is 99.4 Å². The maximum Gasteiger partial charge on any atom is 0.407 e. The van der Waals surface area contributed by atoms with Crippen LogP contribution in [0.5, 0.6) is 5.75 Å². The lowest BCUT2D eigenvalue weighted by atomic mass is 10.0. The van der Waals surface area contributed by atoms with Crippen molar-refractivity contribution in [2.75, 3.05) is 38.2 Å². The number of piperidine rings is 1. The monoisotopic (exact) mass is 376 g/mol. The molecule has 3 heterocycles. The second-order valence-corrected chi connectivity index (χ2v) is 7.51. The lowest BCUT2D eigenvalue weighted by Crippen LogP contribution is -2.54. The number of anilines is 1. The first-order valence-corrected chi connectivity index (χ1v) is 9.30. The highest BCUT2D eigenvalue weighted by Crippen LogP contribution is 2.36. The van der Waals surface area contributed by atoms with Gasteiger partial charge in [-0.05, 0) is 25.3 Å². The Hall–Kier alpha value is -2.55. The van der Waals surface area contributed by atoms with Crippen LogP contribution in [0, 0.1) is 10.1 Å². The minimum absolute atomic E-state index is 0.0211. The van der Waals surface area contributed by atoms with E-state index >= 15 is 0 Å². The highest BCUT2D eigenvalue weighted by molar-refractivity contribution is 5.66. The summed E-state index contributed by atoms with van der Waals surface area (Å²) < 4.78 is 5.17. The summed E-state index contributed by atoms with van der Waals surface area (Å²) in [6.45, 7) is 3.22. The Bertz CT molecular complexity index is 749. The van der Waals surface area contributed by atoms with Gasteiger partial charge in [0.2, 0.25) is 0 Å². The highest BCUT2D eigenvalue weighted by Gasteiger charge is 2.47. The Balaban J connectivity index is 1.38. The fraction of sp³-hybridized carbons (Fsp3) is 0.611. The number of amides is 1. The number of carboxylic acid groups (broad SMARTS) is 1. The molecule has 0 saturated carbocycles. The zero-order chi connectivity index (χ0) is 19.1. The number of fused-ring (bicyclic) bond motifs is 2. The Morgan fingerprint density at radius 1 is 1.22 bits per heavy atom. The minimum Gasteiger partial charge on any atom is -0.490 e. The molecule has 0 aliphatic carbocycles. The van der Waals surface area contributed by atoms with Crippen molar-refractivity contribution in [3.8, 4) is 5.75 Å². The van der Waals surface area contributed by atoms with Gasteiger partial charge in [0.05, 0.1) is 12.0 Å². The van der Waals surface area contributed by atoms with Crippen LogP contribution in [0.3, 0.4) is 0 Å². The molecule has 0 aromatic heterocycles. The van der Waals surface area contributed by atoms with E-state index in [2.05, 4.69) is 9.80 Å². The molecule has 9 heteroatoms. The summed E-state index contributed by atoms with van der Waals surface area (Å²) in [5, 5.41) is 20.3. The summed E-state index contributed by atoms with van der Waals surface area (Å²) in [5.74, 6) is 0.283. The van der Waals surface area contributed by atoms with Gasteiger partial charge in [0.15, 0.2) is 5.75 Å². The fourth-order valence-electron chi connectivity index (χ4n) is 4.85. The molecule has 0 radical (unpaired) electrons. The quantitative estimate of drug-likeness (QED) is 0.634. The third-order valence-electron chi connectivity index (χ3n) is 6.19. The number of methoxy groups -OCH3 is 1. The zero-order valence-electron chi connectivity index (χ0n) is 15.3. The van der Waals surface area contributed by atoms with Crippen LogP contribution in [0.1, 0.15) is 19.3 Å². The van der Waals surface area contributed by atoms with Gasteiger partial charge in [-0.2, -0.15) is 0 Å². The summed E-state index contributed by atoms with van der Waals surface area (Å²) in [7, 11) is 1.45. The van der Waals surface area contributed by atoms with Crippen molar-refractivity contribution in [2.45, 2.75) is 37.4 Å². The van der Waals surface area contributed by atoms with Gasteiger partial charge in [-0.3, -0.25) is 15.0 Å². The Morgan fingerprint density at radius 2 is 1.96 bits per heavy atom. The predicted octanol–water partition coefficient (Wildman–Crippen LogP) is 2.01. The van der Waals surface area contributed by atoms with Gasteiger partial charge in [-0.1, -0.05) is 0 Å². The average Bonchev–Trinajstić information content (AvgIpc) is 3.28. The first-order chi connectivity index (χ1) is 13.0. The molecule has 27 heavy (non-hydrogen) atoms. The number of carbonyl (C=O) groups is 1. The first kappa shape index (κ1) is 17.8. The first-order valence-electron chi connectivity index (χ1n) is 9.30. The van der Waals surface area contributed by atoms with Gasteiger partial charge in [0.1, 0.15) is 0 Å². The third kappa shape index (κ3) is 3.16. The molecular formula is C18H24N4O5. The molecule has 2 atom stereocenters. The van der Waals surface area contributed by atoms with Crippen LogP contribution in [-0.4, -0.2) is 77.3 Å². The molecule has 3 aliphatic rings. The second kappa shape index (κ2) is 6.88. The second-order valence-electron chi connectivity index (χ2n) is 7.51. The van der Waals surface area contributed by atoms with Gasteiger partial charge in [-0.15, -0.1) is 0 Å². The maximum atomic E-state index is 11.2. The van der Waals surface area contributed by atoms with E-state index in [4.69, 9.17) is 4.74 Å². The van der Waals surface area contributed by atoms with Gasteiger partial charge in [0.25, 0.3) is 0 Å². The number of hydrogen-bond acceptors (Lipinski definition) is 6. The van der Waals surface area contributed by atoms with Crippen LogP contribution in [0.4, 0.5) is 16.2 Å². The molecule has 9 nitrogen and oxygen atoms in total. The fourth-order valence-corrected chi connectivity index (χ4v) is 4.85. The Labute approximate surface area is 157 Å². The molecule has 1 aromatic rings. The van der Waals surface area contributed by atoms with E-state index < -0.39 is 11.0 Å². The van der Waals surface area contributed by atoms with Crippen LogP contribution in [0.15, 0.2) is 18.2 Å². The van der Waals surface area contributed by atoms with E-state index in [-0.39, 0.29) is 17.5 Å². The minimum atomic E-state index is -0.802. The maximum absolute atomic E-state index is 11.2. The van der Waals surface area contributed by atoms with Crippen molar-refractivity contribution >= 4 is 17.5 Å². The summed E-state index contributed by atoms with van der Waals surface area (Å²) in [6, 6.07) is 5.99. The average molecular weight is 376 g/mol. The van der Waals surface area contributed by atoms with Gasteiger partial charge in [0, 0.05) is 62.1 Å². The number of nitro benzene ring substituents is 1. The van der Waals surface area contributed by atoms with Gasteiger partial charge < -0.3 is 19.6 Å². The lowest BCUT2D eigenvalue weighted by molar-refractivity contribution is -0.385. The van der Waals surface area contributed by atoms with Crippen molar-refractivity contribution in [2.24, 2.45) is 0 Å². The van der Waals surface area contributed by atoms with Crippen LogP contribution in [0.25, 0.3) is 0 Å². The molecule has 1 amide bonds. The molecule has 0 unspecified atom stereocenters. The highest BCUT2D eigenvalue weighted by atomic mass is 16.6. The molecule has 146 valence electrons. The SMILES string of the molecule is COc1cc(N2CCC(N3C[C@@H]4C[C@H]3CN4C(=O)O)CC2)ccc1[N+](=O)[O-]. The molecule has 3 saturated heterocycles. The molecule has 3 fully saturated rings. The lowest BCUT2D eigenvalue weighted by Gasteiger charge is -2.42. The van der Waals surface area contributed by atoms with E-state index in [1.54, 1.807) is 17.0 Å². The van der Waals surface area contributed by atoms with Crippen molar-refractivity contribution in [1.82, 2.24) is 9.80 Å². The Morgan fingerprint density at radius 3 is 2.52 bits per heavy atom. The molecule has 4 rings (SSSR count). The van der Waals surface area contributed by atoms with Crippen LogP contribution in [0.2, 0.25) is 0 Å². The third-order valence-corrected chi connectivity index (χ3v) is 6.19. The van der Waals surface area contributed by atoms with E-state index in [0.29, 0.717) is 18.6 Å². The standard InChI is InChI=1S/C18H24N4O5/c1-27-17-9-13(2-3-16(17)22(25)26)19-6-4-12(5-7-19)20-10-15-8-14(20)11-21(15)18(23)24/h2-3,9,12,14-15H,4-8,10-11H2,1H3,(H,23,24)/t14-,15-/m0/s1. The summed E-state index contributed by atoms with van der Waals surface area (Å²) in [6.07, 6.45) is 2.17. The number of nitro groups is 1. The van der Waals surface area contributed by atoms with E-state index in [0.717, 1.165) is 44.6 Å². The number of rotatable bonds is 4. The van der Waals surface area contributed by atoms with Crippen molar-refractivity contribution in [3.63, 3.8) is 0 Å². The molecule has 2 bridgehead atoms. The predicted molar refractivity (Wildman–Crippen MR) is 98.5 cm³/mol. The van der Waals surface area contributed by atoms with Crippen molar-refractivity contribution < 1.29 is 19.6 Å². The van der Waals surface area contributed by atoms with Crippen molar-refractivity contribution in [3.05, 3.63) is 28.3 Å². The number of piperazine rings is 1. The molecule has 0 spiro atoms. The van der Waals surface area contributed by atoms with Crippen molar-refractivity contribution in [1.29, 1.82) is 0 Å². The van der Waals surface area contributed by atoms with Crippen LogP contribution >= 0.6 is 0 Å². The number of hydrogen-bond donors (Lipinski definition) is 1. The van der Waals surface area contributed by atoms with E-state index in [1.807, 2.05) is 0 Å². The smallest absolute Gasteiger partial charge is 0.407 e. The molecule has 1 aromatic carbocycles. The van der Waals surface area contributed by atoms with E-state index in [9.17, 15) is 20.0 Å². The van der Waals surface area contributed by atoms with Gasteiger partial charge >= 0.3 is 11.8 Å². The molecular weight excluding hydrogens is 352 g/mol.